The van der Waals surface area contributed by atoms with E-state index in [1.54, 1.807) is 0 Å². The molecular formula is C17H28N2O. The van der Waals surface area contributed by atoms with Gasteiger partial charge < -0.3 is 10.1 Å². The van der Waals surface area contributed by atoms with E-state index in [1.807, 2.05) is 0 Å². The number of hydrogen-bond acceptors (Lipinski definition) is 3. The standard InChI is InChI=1S/C17H28N2O/c1-4-16-5-7-17(8-6-16)15(3)18-14(2)13-19-9-11-20-12-10-19/h5-8,14-15,18H,4,9-13H2,1-3H3. The topological polar surface area (TPSA) is 24.5 Å². The Kier molecular flexibility index (Phi) is 6.02. The lowest BCUT2D eigenvalue weighted by molar-refractivity contribution is 0.0339. The van der Waals surface area contributed by atoms with Crippen LogP contribution in [0, 0.1) is 0 Å². The van der Waals surface area contributed by atoms with E-state index in [0.29, 0.717) is 12.1 Å². The molecule has 3 nitrogen and oxygen atoms in total. The Morgan fingerprint density at radius 1 is 1.15 bits per heavy atom. The van der Waals surface area contributed by atoms with E-state index in [1.165, 1.54) is 11.1 Å². The second-order valence-electron chi connectivity index (χ2n) is 5.80. The molecule has 0 aliphatic carbocycles. The SMILES string of the molecule is CCc1ccc(C(C)NC(C)CN2CCOCC2)cc1. The smallest absolute Gasteiger partial charge is 0.0594 e. The summed E-state index contributed by atoms with van der Waals surface area (Å²) in [4.78, 5) is 2.48. The number of aryl methyl sites for hydroxylation is 1. The van der Waals surface area contributed by atoms with Gasteiger partial charge in [0.2, 0.25) is 0 Å². The zero-order valence-electron chi connectivity index (χ0n) is 13.1. The van der Waals surface area contributed by atoms with Gasteiger partial charge in [0, 0.05) is 31.7 Å². The van der Waals surface area contributed by atoms with E-state index in [9.17, 15) is 0 Å². The lowest BCUT2D eigenvalue weighted by Gasteiger charge is -2.30. The first kappa shape index (κ1) is 15.5. The molecule has 2 unspecified atom stereocenters. The van der Waals surface area contributed by atoms with E-state index in [0.717, 1.165) is 39.3 Å². The molecule has 0 aromatic heterocycles. The first-order valence-electron chi connectivity index (χ1n) is 7.84. The number of nitrogens with zero attached hydrogens (tertiary/aromatic N) is 1. The number of benzene rings is 1. The Bertz CT molecular complexity index is 384. The highest BCUT2D eigenvalue weighted by atomic mass is 16.5. The van der Waals surface area contributed by atoms with Crippen LogP contribution < -0.4 is 5.32 Å². The van der Waals surface area contributed by atoms with Crippen molar-refractivity contribution < 1.29 is 4.74 Å². The van der Waals surface area contributed by atoms with Gasteiger partial charge in [0.1, 0.15) is 0 Å². The average molecular weight is 276 g/mol. The predicted octanol–water partition coefficient (Wildman–Crippen LogP) is 2.62. The molecule has 2 atom stereocenters. The minimum atomic E-state index is 0.400. The molecule has 0 bridgehead atoms. The first-order chi connectivity index (χ1) is 9.69. The van der Waals surface area contributed by atoms with Crippen molar-refractivity contribution in [3.63, 3.8) is 0 Å². The van der Waals surface area contributed by atoms with Gasteiger partial charge in [0.25, 0.3) is 0 Å². The van der Waals surface area contributed by atoms with E-state index < -0.39 is 0 Å². The molecule has 1 N–H and O–H groups in total. The Hall–Kier alpha value is -0.900. The van der Waals surface area contributed by atoms with Crippen LogP contribution in [0.1, 0.15) is 37.9 Å². The van der Waals surface area contributed by atoms with Crippen molar-refractivity contribution in [1.82, 2.24) is 10.2 Å². The van der Waals surface area contributed by atoms with Crippen LogP contribution in [0.5, 0.6) is 0 Å². The predicted molar refractivity (Wildman–Crippen MR) is 84.1 cm³/mol. The minimum absolute atomic E-state index is 0.400. The second kappa shape index (κ2) is 7.77. The molecule has 0 spiro atoms. The number of nitrogens with one attached hydrogen (secondary N) is 1. The number of rotatable bonds is 6. The molecule has 0 saturated carbocycles. The molecule has 1 saturated heterocycles. The summed E-state index contributed by atoms with van der Waals surface area (Å²) in [7, 11) is 0. The van der Waals surface area contributed by atoms with Gasteiger partial charge in [-0.2, -0.15) is 0 Å². The molecule has 2 rings (SSSR count). The maximum absolute atomic E-state index is 5.39. The highest BCUT2D eigenvalue weighted by Gasteiger charge is 2.15. The largest absolute Gasteiger partial charge is 0.379 e. The van der Waals surface area contributed by atoms with Crippen LogP contribution in [-0.2, 0) is 11.2 Å². The molecule has 1 fully saturated rings. The fourth-order valence-corrected chi connectivity index (χ4v) is 2.79. The normalized spacial score (nSPS) is 19.8. The second-order valence-corrected chi connectivity index (χ2v) is 5.80. The monoisotopic (exact) mass is 276 g/mol. The maximum atomic E-state index is 5.39. The molecule has 0 radical (unpaired) electrons. The zero-order valence-corrected chi connectivity index (χ0v) is 13.1. The summed E-state index contributed by atoms with van der Waals surface area (Å²) in [6.45, 7) is 11.7. The lowest BCUT2D eigenvalue weighted by Crippen LogP contribution is -2.44. The number of morpholine rings is 1. The third kappa shape index (κ3) is 4.58. The Labute approximate surface area is 123 Å². The first-order valence-corrected chi connectivity index (χ1v) is 7.84. The van der Waals surface area contributed by atoms with E-state index in [4.69, 9.17) is 4.74 Å². The minimum Gasteiger partial charge on any atom is -0.379 e. The molecule has 3 heteroatoms. The Morgan fingerprint density at radius 2 is 1.80 bits per heavy atom. The van der Waals surface area contributed by atoms with Crippen LogP contribution >= 0.6 is 0 Å². The van der Waals surface area contributed by atoms with Crippen LogP contribution in [0.3, 0.4) is 0 Å². The summed E-state index contributed by atoms with van der Waals surface area (Å²) >= 11 is 0. The third-order valence-electron chi connectivity index (χ3n) is 4.06. The highest BCUT2D eigenvalue weighted by Crippen LogP contribution is 2.14. The fourth-order valence-electron chi connectivity index (χ4n) is 2.79. The van der Waals surface area contributed by atoms with Gasteiger partial charge in [-0.25, -0.2) is 0 Å². The van der Waals surface area contributed by atoms with Crippen molar-refractivity contribution >= 4 is 0 Å². The highest BCUT2D eigenvalue weighted by molar-refractivity contribution is 5.24. The van der Waals surface area contributed by atoms with Crippen molar-refractivity contribution in [3.8, 4) is 0 Å². The molecule has 1 aliphatic rings. The van der Waals surface area contributed by atoms with Crippen molar-refractivity contribution in [1.29, 1.82) is 0 Å². The molecule has 112 valence electrons. The van der Waals surface area contributed by atoms with E-state index in [2.05, 4.69) is 55.3 Å². The molecule has 1 aromatic rings. The molecule has 1 aliphatic heterocycles. The average Bonchev–Trinajstić information content (AvgIpc) is 2.48. The Morgan fingerprint density at radius 3 is 2.40 bits per heavy atom. The van der Waals surface area contributed by atoms with Gasteiger partial charge in [0.15, 0.2) is 0 Å². The summed E-state index contributed by atoms with van der Waals surface area (Å²) in [5.41, 5.74) is 2.78. The third-order valence-corrected chi connectivity index (χ3v) is 4.06. The fraction of sp³-hybridized carbons (Fsp3) is 0.647. The number of hydrogen-bond donors (Lipinski definition) is 1. The van der Waals surface area contributed by atoms with Crippen LogP contribution in [-0.4, -0.2) is 43.8 Å². The molecule has 1 heterocycles. The zero-order chi connectivity index (χ0) is 14.4. The van der Waals surface area contributed by atoms with Crippen molar-refractivity contribution in [2.75, 3.05) is 32.8 Å². The summed E-state index contributed by atoms with van der Waals surface area (Å²) in [6, 6.07) is 9.86. The van der Waals surface area contributed by atoms with Crippen LogP contribution in [0.4, 0.5) is 0 Å². The quantitative estimate of drug-likeness (QED) is 0.864. The van der Waals surface area contributed by atoms with E-state index in [-0.39, 0.29) is 0 Å². The Balaban J connectivity index is 1.81. The van der Waals surface area contributed by atoms with Crippen molar-refractivity contribution in [3.05, 3.63) is 35.4 Å². The van der Waals surface area contributed by atoms with Gasteiger partial charge in [-0.3, -0.25) is 4.90 Å². The summed E-state index contributed by atoms with van der Waals surface area (Å²) in [5, 5.41) is 3.70. The van der Waals surface area contributed by atoms with Crippen LogP contribution in [0.15, 0.2) is 24.3 Å². The molecule has 20 heavy (non-hydrogen) atoms. The molecular weight excluding hydrogens is 248 g/mol. The lowest BCUT2D eigenvalue weighted by atomic mass is 10.0. The van der Waals surface area contributed by atoms with Crippen LogP contribution in [0.2, 0.25) is 0 Å². The summed E-state index contributed by atoms with van der Waals surface area (Å²) < 4.78 is 5.39. The van der Waals surface area contributed by atoms with Crippen molar-refractivity contribution in [2.24, 2.45) is 0 Å². The summed E-state index contributed by atoms with van der Waals surface area (Å²) in [6.07, 6.45) is 1.11. The molecule has 1 aromatic carbocycles. The van der Waals surface area contributed by atoms with Gasteiger partial charge in [-0.05, 0) is 31.4 Å². The van der Waals surface area contributed by atoms with Gasteiger partial charge in [-0.15, -0.1) is 0 Å². The summed E-state index contributed by atoms with van der Waals surface area (Å²) in [5.74, 6) is 0. The van der Waals surface area contributed by atoms with Crippen LogP contribution in [0.25, 0.3) is 0 Å². The van der Waals surface area contributed by atoms with Gasteiger partial charge >= 0.3 is 0 Å². The van der Waals surface area contributed by atoms with Gasteiger partial charge in [0.05, 0.1) is 13.2 Å². The molecule has 0 amide bonds. The van der Waals surface area contributed by atoms with E-state index >= 15 is 0 Å². The van der Waals surface area contributed by atoms with Gasteiger partial charge in [-0.1, -0.05) is 31.2 Å². The maximum Gasteiger partial charge on any atom is 0.0594 e. The van der Waals surface area contributed by atoms with Crippen molar-refractivity contribution in [2.45, 2.75) is 39.3 Å². The number of ether oxygens (including phenoxy) is 1.